The molecule has 0 aliphatic heterocycles. The van der Waals surface area contributed by atoms with E-state index >= 15 is 0 Å². The van der Waals surface area contributed by atoms with Crippen molar-refractivity contribution in [1.82, 2.24) is 0 Å². The van der Waals surface area contributed by atoms with E-state index in [0.29, 0.717) is 11.8 Å². The van der Waals surface area contributed by atoms with Gasteiger partial charge in [0.05, 0.1) is 0 Å². The lowest BCUT2D eigenvalue weighted by Gasteiger charge is -2.14. The summed E-state index contributed by atoms with van der Waals surface area (Å²) >= 11 is 0. The third kappa shape index (κ3) is 11.3. The molecule has 0 amide bonds. The maximum absolute atomic E-state index is 12.4. The van der Waals surface area contributed by atoms with Crippen molar-refractivity contribution in [3.63, 3.8) is 0 Å². The molecular weight excluding hydrogens is 464 g/mol. The zero-order valence-electron chi connectivity index (χ0n) is 23.2. The number of aryl methyl sites for hydroxylation is 2. The van der Waals surface area contributed by atoms with Crippen LogP contribution in [0.1, 0.15) is 141 Å². The minimum Gasteiger partial charge on any atom is -0.282 e. The summed E-state index contributed by atoms with van der Waals surface area (Å²) in [5.74, 6) is 0. The van der Waals surface area contributed by atoms with E-state index in [9.17, 15) is 13.0 Å². The molecule has 0 aliphatic rings. The fourth-order valence-electron chi connectivity index (χ4n) is 5.41. The summed E-state index contributed by atoms with van der Waals surface area (Å²) in [5.41, 5.74) is 1.95. The van der Waals surface area contributed by atoms with E-state index < -0.39 is 10.1 Å². The first kappa shape index (κ1) is 30.8. The first-order valence-electron chi connectivity index (χ1n) is 15.0. The van der Waals surface area contributed by atoms with Crippen LogP contribution >= 0.6 is 0 Å². The molecule has 36 heavy (non-hydrogen) atoms. The lowest BCUT2D eigenvalue weighted by atomic mass is 9.96. The van der Waals surface area contributed by atoms with Crippen molar-refractivity contribution in [2.45, 2.75) is 147 Å². The molecule has 0 bridgehead atoms. The van der Waals surface area contributed by atoms with Crippen LogP contribution in [0.5, 0.6) is 0 Å². The predicted octanol–water partition coefficient (Wildman–Crippen LogP) is 10.2. The van der Waals surface area contributed by atoms with Crippen molar-refractivity contribution in [2.75, 3.05) is 0 Å². The zero-order valence-corrected chi connectivity index (χ0v) is 24.0. The topological polar surface area (TPSA) is 54.4 Å². The lowest BCUT2D eigenvalue weighted by molar-refractivity contribution is 0.482. The van der Waals surface area contributed by atoms with Gasteiger partial charge in [-0.3, -0.25) is 4.55 Å². The zero-order chi connectivity index (χ0) is 26.1. The molecule has 2 aromatic rings. The smallest absolute Gasteiger partial charge is 0.282 e. The van der Waals surface area contributed by atoms with Gasteiger partial charge in [-0.25, -0.2) is 0 Å². The molecule has 0 heterocycles. The van der Waals surface area contributed by atoms with Gasteiger partial charge in [0.1, 0.15) is 4.90 Å². The van der Waals surface area contributed by atoms with Crippen molar-refractivity contribution in [3.8, 4) is 0 Å². The van der Waals surface area contributed by atoms with Crippen molar-refractivity contribution >= 4 is 20.9 Å². The minimum atomic E-state index is -4.28. The van der Waals surface area contributed by atoms with Crippen molar-refractivity contribution < 1.29 is 13.0 Å². The second-order valence-corrected chi connectivity index (χ2v) is 12.1. The Bertz CT molecular complexity index is 965. The number of fused-ring (bicyclic) bond motifs is 1. The largest absolute Gasteiger partial charge is 0.295 e. The predicted molar refractivity (Wildman–Crippen MR) is 156 cm³/mol. The van der Waals surface area contributed by atoms with E-state index in [2.05, 4.69) is 26.0 Å². The Kier molecular flexibility index (Phi) is 15.4. The molecule has 0 atom stereocenters. The van der Waals surface area contributed by atoms with E-state index in [0.717, 1.165) is 36.6 Å². The average molecular weight is 517 g/mol. The van der Waals surface area contributed by atoms with E-state index in [1.54, 1.807) is 0 Å². The fraction of sp³-hybridized carbons (Fsp3) is 0.688. The number of rotatable bonds is 21. The lowest BCUT2D eigenvalue weighted by Crippen LogP contribution is -2.05. The third-order valence-corrected chi connectivity index (χ3v) is 8.54. The molecule has 204 valence electrons. The Hall–Kier alpha value is -1.39. The Morgan fingerprint density at radius 3 is 1.44 bits per heavy atom. The van der Waals surface area contributed by atoms with Crippen LogP contribution < -0.4 is 0 Å². The van der Waals surface area contributed by atoms with Crippen LogP contribution in [0.25, 0.3) is 10.8 Å². The Balaban J connectivity index is 1.91. The minimum absolute atomic E-state index is 0.133. The molecule has 0 fully saturated rings. The molecule has 0 saturated carbocycles. The molecule has 0 aliphatic carbocycles. The second-order valence-electron chi connectivity index (χ2n) is 10.7. The van der Waals surface area contributed by atoms with Crippen LogP contribution in [-0.2, 0) is 23.0 Å². The van der Waals surface area contributed by atoms with Gasteiger partial charge in [0, 0.05) is 5.39 Å². The summed E-state index contributed by atoms with van der Waals surface area (Å²) in [6.07, 6.45) is 24.4. The molecule has 0 spiro atoms. The standard InChI is InChI=1S/C32H52O3S/c1-3-5-7-9-11-13-15-17-19-22-28-24-21-25-31-30(28)27-26-29(32(31)36(33,34)35)23-20-18-16-14-12-10-8-6-4-2/h21,24-27H,3-20,22-23H2,1-2H3,(H,33,34,35). The quantitative estimate of drug-likeness (QED) is 0.133. The van der Waals surface area contributed by atoms with Gasteiger partial charge in [-0.1, -0.05) is 147 Å². The number of unbranched alkanes of at least 4 members (excludes halogenated alkanes) is 16. The molecule has 0 saturated heterocycles. The number of hydrogen-bond donors (Lipinski definition) is 1. The highest BCUT2D eigenvalue weighted by Gasteiger charge is 2.20. The van der Waals surface area contributed by atoms with E-state index in [4.69, 9.17) is 0 Å². The van der Waals surface area contributed by atoms with Gasteiger partial charge < -0.3 is 0 Å². The monoisotopic (exact) mass is 516 g/mol. The second kappa shape index (κ2) is 18.0. The summed E-state index contributed by atoms with van der Waals surface area (Å²) in [7, 11) is -4.28. The van der Waals surface area contributed by atoms with Gasteiger partial charge in [-0.2, -0.15) is 8.42 Å². The van der Waals surface area contributed by atoms with Crippen LogP contribution in [0, 0.1) is 0 Å². The Labute approximate surface area is 222 Å². The van der Waals surface area contributed by atoms with Gasteiger partial charge in [0.2, 0.25) is 0 Å². The van der Waals surface area contributed by atoms with Crippen LogP contribution in [-0.4, -0.2) is 13.0 Å². The number of benzene rings is 2. The molecule has 0 unspecified atom stereocenters. The molecule has 0 aromatic heterocycles. The van der Waals surface area contributed by atoms with Crippen molar-refractivity contribution in [1.29, 1.82) is 0 Å². The first-order chi connectivity index (χ1) is 17.5. The van der Waals surface area contributed by atoms with Gasteiger partial charge >= 0.3 is 0 Å². The molecule has 1 N–H and O–H groups in total. The molecule has 0 radical (unpaired) electrons. The summed E-state index contributed by atoms with van der Waals surface area (Å²) in [6.45, 7) is 4.50. The maximum Gasteiger partial charge on any atom is 0.295 e. The number of hydrogen-bond acceptors (Lipinski definition) is 2. The van der Waals surface area contributed by atoms with Crippen molar-refractivity contribution in [3.05, 3.63) is 41.5 Å². The summed E-state index contributed by atoms with van der Waals surface area (Å²) in [6, 6.07) is 9.94. The highest BCUT2D eigenvalue weighted by atomic mass is 32.2. The molecular formula is C32H52O3S. The molecule has 2 rings (SSSR count). The summed E-state index contributed by atoms with van der Waals surface area (Å²) < 4.78 is 35.0. The fourth-order valence-corrected chi connectivity index (χ4v) is 6.37. The summed E-state index contributed by atoms with van der Waals surface area (Å²) in [5, 5.41) is 1.65. The van der Waals surface area contributed by atoms with Crippen molar-refractivity contribution in [2.24, 2.45) is 0 Å². The normalized spacial score (nSPS) is 12.0. The van der Waals surface area contributed by atoms with Crippen LogP contribution in [0.4, 0.5) is 0 Å². The molecule has 3 nitrogen and oxygen atoms in total. The first-order valence-corrected chi connectivity index (χ1v) is 16.4. The SMILES string of the molecule is CCCCCCCCCCCc1ccc2c(CCCCCCCCCCC)cccc2c1S(=O)(=O)O. The molecule has 2 aromatic carbocycles. The van der Waals surface area contributed by atoms with Gasteiger partial charge in [0.15, 0.2) is 0 Å². The van der Waals surface area contributed by atoms with Crippen LogP contribution in [0.3, 0.4) is 0 Å². The molecule has 4 heteroatoms. The van der Waals surface area contributed by atoms with E-state index in [-0.39, 0.29) is 4.90 Å². The van der Waals surface area contributed by atoms with Gasteiger partial charge in [-0.05, 0) is 42.2 Å². The summed E-state index contributed by atoms with van der Waals surface area (Å²) in [4.78, 5) is 0.133. The maximum atomic E-state index is 12.4. The van der Waals surface area contributed by atoms with Gasteiger partial charge in [-0.15, -0.1) is 0 Å². The Morgan fingerprint density at radius 1 is 0.528 bits per heavy atom. The third-order valence-electron chi connectivity index (χ3n) is 7.54. The highest BCUT2D eigenvalue weighted by Crippen LogP contribution is 2.31. The van der Waals surface area contributed by atoms with Gasteiger partial charge in [0.25, 0.3) is 10.1 Å². The van der Waals surface area contributed by atoms with Crippen LogP contribution in [0.2, 0.25) is 0 Å². The Morgan fingerprint density at radius 2 is 0.972 bits per heavy atom. The van der Waals surface area contributed by atoms with E-state index in [1.807, 2.05) is 18.2 Å². The average Bonchev–Trinajstić information content (AvgIpc) is 2.85. The van der Waals surface area contributed by atoms with E-state index in [1.165, 1.54) is 102 Å². The van der Waals surface area contributed by atoms with Crippen LogP contribution in [0.15, 0.2) is 35.2 Å². The highest BCUT2D eigenvalue weighted by molar-refractivity contribution is 7.86.